The van der Waals surface area contributed by atoms with Crippen LogP contribution >= 0.6 is 11.3 Å². The minimum Gasteiger partial charge on any atom is -0.370 e. The number of aryl methyl sites for hydroxylation is 1. The zero-order valence-electron chi connectivity index (χ0n) is 8.77. The number of guanidine groups is 2. The lowest BCUT2D eigenvalue weighted by Gasteiger charge is -2.03. The molecule has 0 amide bonds. The quantitative estimate of drug-likeness (QED) is 0.510. The van der Waals surface area contributed by atoms with Gasteiger partial charge in [-0.3, -0.25) is 0 Å². The monoisotopic (exact) mass is 225 g/mol. The van der Waals surface area contributed by atoms with E-state index in [9.17, 15) is 0 Å². The Morgan fingerprint density at radius 1 is 1.33 bits per heavy atom. The van der Waals surface area contributed by atoms with Crippen LogP contribution in [0.1, 0.15) is 22.7 Å². The Morgan fingerprint density at radius 3 is 2.47 bits per heavy atom. The molecule has 6 heteroatoms. The summed E-state index contributed by atoms with van der Waals surface area (Å²) in [5.74, 6) is 0.0272. The van der Waals surface area contributed by atoms with Crippen LogP contribution in [0, 0.1) is 6.92 Å². The van der Waals surface area contributed by atoms with Crippen LogP contribution in [0.15, 0.2) is 22.1 Å². The summed E-state index contributed by atoms with van der Waals surface area (Å²) in [5, 5.41) is 0. The molecule has 6 N–H and O–H groups in total. The lowest BCUT2D eigenvalue weighted by atomic mass is 10.3. The molecule has 1 aromatic heterocycles. The Morgan fingerprint density at radius 2 is 2.00 bits per heavy atom. The third-order valence-corrected chi connectivity index (χ3v) is 2.91. The van der Waals surface area contributed by atoms with Crippen LogP contribution < -0.4 is 17.2 Å². The van der Waals surface area contributed by atoms with Crippen molar-refractivity contribution in [2.45, 2.75) is 19.9 Å². The van der Waals surface area contributed by atoms with Crippen LogP contribution in [0.3, 0.4) is 0 Å². The van der Waals surface area contributed by atoms with E-state index >= 15 is 0 Å². The first-order valence-electron chi connectivity index (χ1n) is 4.48. The highest BCUT2D eigenvalue weighted by Crippen LogP contribution is 2.24. The average molecular weight is 225 g/mol. The minimum absolute atomic E-state index is 0.0215. The molecule has 1 unspecified atom stereocenters. The van der Waals surface area contributed by atoms with Crippen molar-refractivity contribution in [2.75, 3.05) is 0 Å². The van der Waals surface area contributed by atoms with Gasteiger partial charge in [-0.15, -0.1) is 11.3 Å². The van der Waals surface area contributed by atoms with Gasteiger partial charge in [0.15, 0.2) is 5.96 Å². The van der Waals surface area contributed by atoms with Gasteiger partial charge in [0, 0.05) is 9.75 Å². The van der Waals surface area contributed by atoms with Crippen molar-refractivity contribution < 1.29 is 0 Å². The normalized spacial score (nSPS) is 13.6. The van der Waals surface area contributed by atoms with E-state index in [1.807, 2.05) is 26.0 Å². The summed E-state index contributed by atoms with van der Waals surface area (Å²) in [6.07, 6.45) is 0. The summed E-state index contributed by atoms with van der Waals surface area (Å²) >= 11 is 1.68. The molecular formula is C9H15N5S. The molecule has 5 nitrogen and oxygen atoms in total. The van der Waals surface area contributed by atoms with Crippen LogP contribution in [-0.4, -0.2) is 11.9 Å². The SMILES string of the molecule is Cc1ccc(C(C)N=C(N)N=C(N)N)s1. The zero-order chi connectivity index (χ0) is 11.4. The fourth-order valence-electron chi connectivity index (χ4n) is 1.10. The summed E-state index contributed by atoms with van der Waals surface area (Å²) in [7, 11) is 0. The summed E-state index contributed by atoms with van der Waals surface area (Å²) in [4.78, 5) is 10.2. The van der Waals surface area contributed by atoms with Gasteiger partial charge in [-0.25, -0.2) is 4.99 Å². The molecule has 0 radical (unpaired) electrons. The third-order valence-electron chi connectivity index (χ3n) is 1.74. The van der Waals surface area contributed by atoms with Gasteiger partial charge in [0.1, 0.15) is 0 Å². The Labute approximate surface area is 92.7 Å². The number of hydrogen-bond acceptors (Lipinski definition) is 2. The minimum atomic E-state index is -0.0780. The predicted molar refractivity (Wildman–Crippen MR) is 64.9 cm³/mol. The molecule has 1 rings (SSSR count). The first kappa shape index (κ1) is 11.5. The molecular weight excluding hydrogens is 210 g/mol. The van der Waals surface area contributed by atoms with Gasteiger partial charge in [-0.2, -0.15) is 4.99 Å². The number of aliphatic imine (C=N–C) groups is 2. The first-order chi connectivity index (χ1) is 6.99. The molecule has 82 valence electrons. The van der Waals surface area contributed by atoms with Gasteiger partial charge < -0.3 is 17.2 Å². The van der Waals surface area contributed by atoms with E-state index in [4.69, 9.17) is 17.2 Å². The molecule has 0 fully saturated rings. The van der Waals surface area contributed by atoms with Gasteiger partial charge in [-0.05, 0) is 26.0 Å². The summed E-state index contributed by atoms with van der Waals surface area (Å²) in [5.41, 5.74) is 15.9. The lowest BCUT2D eigenvalue weighted by Crippen LogP contribution is -2.26. The van der Waals surface area contributed by atoms with Crippen molar-refractivity contribution in [3.63, 3.8) is 0 Å². The fraction of sp³-hybridized carbons (Fsp3) is 0.333. The summed E-state index contributed by atoms with van der Waals surface area (Å²) < 4.78 is 0. The number of nitrogens with zero attached hydrogens (tertiary/aromatic N) is 2. The van der Waals surface area contributed by atoms with Crippen molar-refractivity contribution in [3.8, 4) is 0 Å². The van der Waals surface area contributed by atoms with Crippen molar-refractivity contribution in [2.24, 2.45) is 27.2 Å². The largest absolute Gasteiger partial charge is 0.370 e. The van der Waals surface area contributed by atoms with Gasteiger partial charge in [0.05, 0.1) is 6.04 Å². The first-order valence-corrected chi connectivity index (χ1v) is 5.30. The van der Waals surface area contributed by atoms with E-state index in [0.29, 0.717) is 0 Å². The molecule has 1 aromatic rings. The van der Waals surface area contributed by atoms with Crippen molar-refractivity contribution in [1.82, 2.24) is 0 Å². The molecule has 0 aliphatic heterocycles. The molecule has 15 heavy (non-hydrogen) atoms. The Hall–Kier alpha value is -1.56. The van der Waals surface area contributed by atoms with Crippen molar-refractivity contribution in [1.29, 1.82) is 0 Å². The lowest BCUT2D eigenvalue weighted by molar-refractivity contribution is 0.835. The Kier molecular flexibility index (Phi) is 3.68. The topological polar surface area (TPSA) is 103 Å². The van der Waals surface area contributed by atoms with Crippen molar-refractivity contribution >= 4 is 23.3 Å². The molecule has 0 saturated carbocycles. The summed E-state index contributed by atoms with van der Waals surface area (Å²) in [6.45, 7) is 3.99. The maximum absolute atomic E-state index is 5.53. The van der Waals surface area contributed by atoms with Gasteiger partial charge in [0.25, 0.3) is 0 Å². The van der Waals surface area contributed by atoms with E-state index < -0.39 is 0 Å². The van der Waals surface area contributed by atoms with E-state index in [0.717, 1.165) is 4.88 Å². The highest BCUT2D eigenvalue weighted by molar-refractivity contribution is 7.12. The predicted octanol–water partition coefficient (Wildman–Crippen LogP) is 0.706. The number of thiophene rings is 1. The van der Waals surface area contributed by atoms with Crippen LogP contribution in [0.2, 0.25) is 0 Å². The van der Waals surface area contributed by atoms with Crippen LogP contribution in [0.25, 0.3) is 0 Å². The highest BCUT2D eigenvalue weighted by Gasteiger charge is 2.06. The number of rotatable bonds is 2. The molecule has 1 atom stereocenters. The van der Waals surface area contributed by atoms with E-state index in [1.165, 1.54) is 4.88 Å². The van der Waals surface area contributed by atoms with Crippen LogP contribution in [-0.2, 0) is 0 Å². The summed E-state index contributed by atoms with van der Waals surface area (Å²) in [6, 6.07) is 4.05. The maximum atomic E-state index is 5.53. The van der Waals surface area contributed by atoms with E-state index in [2.05, 4.69) is 9.98 Å². The number of hydrogen-bond donors (Lipinski definition) is 3. The van der Waals surface area contributed by atoms with Crippen molar-refractivity contribution in [3.05, 3.63) is 21.9 Å². The second-order valence-corrected chi connectivity index (χ2v) is 4.47. The van der Waals surface area contributed by atoms with Crippen LogP contribution in [0.5, 0.6) is 0 Å². The average Bonchev–Trinajstić information content (AvgIpc) is 2.49. The van der Waals surface area contributed by atoms with E-state index in [1.54, 1.807) is 11.3 Å². The third kappa shape index (κ3) is 3.59. The Balaban J connectivity index is 2.78. The maximum Gasteiger partial charge on any atom is 0.219 e. The smallest absolute Gasteiger partial charge is 0.219 e. The molecule has 0 aliphatic carbocycles. The number of nitrogens with two attached hydrogens (primary N) is 3. The molecule has 0 bridgehead atoms. The van der Waals surface area contributed by atoms with Gasteiger partial charge in [0.2, 0.25) is 5.96 Å². The Bertz CT molecular complexity index is 389. The van der Waals surface area contributed by atoms with Gasteiger partial charge in [-0.1, -0.05) is 0 Å². The second-order valence-electron chi connectivity index (χ2n) is 3.15. The standard InChI is InChI=1S/C9H15N5S/c1-5-3-4-7(15-5)6(2)13-9(12)14-8(10)11/h3-4,6H,1-2H3,(H6,10,11,12,13,14). The highest BCUT2D eigenvalue weighted by atomic mass is 32.1. The molecule has 0 aromatic carbocycles. The molecule has 0 saturated heterocycles. The van der Waals surface area contributed by atoms with Gasteiger partial charge >= 0.3 is 0 Å². The molecule has 1 heterocycles. The zero-order valence-corrected chi connectivity index (χ0v) is 9.58. The van der Waals surface area contributed by atoms with E-state index in [-0.39, 0.29) is 18.0 Å². The molecule has 0 aliphatic rings. The fourth-order valence-corrected chi connectivity index (χ4v) is 1.97. The van der Waals surface area contributed by atoms with Crippen LogP contribution in [0.4, 0.5) is 0 Å². The molecule has 0 spiro atoms. The second kappa shape index (κ2) is 4.79.